The third kappa shape index (κ3) is 2.99. The number of rotatable bonds is 4. The second kappa shape index (κ2) is 6.39. The zero-order valence-electron chi connectivity index (χ0n) is 13.2. The molecule has 0 aliphatic carbocycles. The number of hydrogen-bond donors (Lipinski definition) is 1. The van der Waals surface area contributed by atoms with E-state index in [0.717, 1.165) is 35.4 Å². The second-order valence-electron chi connectivity index (χ2n) is 5.94. The molecular formula is C18H18FN5. The van der Waals surface area contributed by atoms with Crippen LogP contribution in [0.2, 0.25) is 0 Å². The van der Waals surface area contributed by atoms with E-state index < -0.39 is 0 Å². The summed E-state index contributed by atoms with van der Waals surface area (Å²) in [6.07, 6.45) is 6.04. The van der Waals surface area contributed by atoms with Crippen molar-refractivity contribution in [2.75, 3.05) is 23.3 Å². The Morgan fingerprint density at radius 3 is 2.62 bits per heavy atom. The number of benzene rings is 1. The van der Waals surface area contributed by atoms with Gasteiger partial charge in [0, 0.05) is 32.0 Å². The number of halogens is 1. The maximum Gasteiger partial charge on any atom is 0.223 e. The first-order chi connectivity index (χ1) is 11.8. The molecule has 5 nitrogen and oxygen atoms in total. The van der Waals surface area contributed by atoms with E-state index in [1.807, 2.05) is 12.3 Å². The van der Waals surface area contributed by atoms with E-state index >= 15 is 0 Å². The molecule has 1 aromatic carbocycles. The fourth-order valence-corrected chi connectivity index (χ4v) is 2.99. The van der Waals surface area contributed by atoms with Gasteiger partial charge in [0.05, 0.1) is 10.9 Å². The van der Waals surface area contributed by atoms with Gasteiger partial charge >= 0.3 is 0 Å². The summed E-state index contributed by atoms with van der Waals surface area (Å²) >= 11 is 0. The zero-order valence-corrected chi connectivity index (χ0v) is 13.2. The molecule has 6 heteroatoms. The lowest BCUT2D eigenvalue weighted by atomic mass is 10.2. The van der Waals surface area contributed by atoms with Gasteiger partial charge in [-0.25, -0.2) is 19.3 Å². The van der Waals surface area contributed by atoms with Crippen molar-refractivity contribution in [1.82, 2.24) is 15.0 Å². The van der Waals surface area contributed by atoms with Gasteiger partial charge in [0.15, 0.2) is 0 Å². The summed E-state index contributed by atoms with van der Waals surface area (Å²) in [4.78, 5) is 15.8. The van der Waals surface area contributed by atoms with Crippen LogP contribution in [-0.2, 0) is 6.54 Å². The first-order valence-corrected chi connectivity index (χ1v) is 8.15. The number of fused-ring (bicyclic) bond motifs is 1. The first kappa shape index (κ1) is 14.8. The number of anilines is 2. The van der Waals surface area contributed by atoms with E-state index in [1.165, 1.54) is 25.0 Å². The molecule has 1 saturated heterocycles. The van der Waals surface area contributed by atoms with E-state index in [0.29, 0.717) is 12.5 Å². The third-order valence-electron chi connectivity index (χ3n) is 4.26. The van der Waals surface area contributed by atoms with Crippen LogP contribution in [0.4, 0.5) is 16.2 Å². The van der Waals surface area contributed by atoms with E-state index in [2.05, 4.69) is 25.2 Å². The molecule has 0 saturated carbocycles. The molecule has 1 fully saturated rings. The van der Waals surface area contributed by atoms with Gasteiger partial charge < -0.3 is 10.2 Å². The number of aromatic nitrogens is 3. The summed E-state index contributed by atoms with van der Waals surface area (Å²) in [6, 6.07) is 8.30. The van der Waals surface area contributed by atoms with E-state index in [9.17, 15) is 4.39 Å². The fraction of sp³-hybridized carbons (Fsp3) is 0.278. The van der Waals surface area contributed by atoms with Gasteiger partial charge in [0.2, 0.25) is 5.95 Å². The Kier molecular flexibility index (Phi) is 3.94. The van der Waals surface area contributed by atoms with Gasteiger partial charge in [-0.3, -0.25) is 0 Å². The van der Waals surface area contributed by atoms with Crippen LogP contribution < -0.4 is 10.2 Å². The molecule has 3 heterocycles. The van der Waals surface area contributed by atoms with Crippen molar-refractivity contribution < 1.29 is 4.39 Å². The van der Waals surface area contributed by atoms with Crippen LogP contribution in [0.15, 0.2) is 42.7 Å². The Balaban J connectivity index is 1.55. The second-order valence-corrected chi connectivity index (χ2v) is 5.94. The molecule has 0 amide bonds. The molecular weight excluding hydrogens is 305 g/mol. The predicted octanol–water partition coefficient (Wildman–Crippen LogP) is 3.38. The van der Waals surface area contributed by atoms with Crippen molar-refractivity contribution in [3.8, 4) is 0 Å². The quantitative estimate of drug-likeness (QED) is 0.798. The third-order valence-corrected chi connectivity index (χ3v) is 4.26. The van der Waals surface area contributed by atoms with Crippen LogP contribution in [-0.4, -0.2) is 28.0 Å². The van der Waals surface area contributed by atoms with Gasteiger partial charge in [0.1, 0.15) is 11.6 Å². The number of nitrogens with zero attached hydrogens (tertiary/aromatic N) is 4. The predicted molar refractivity (Wildman–Crippen MR) is 92.5 cm³/mol. The fourth-order valence-electron chi connectivity index (χ4n) is 2.99. The van der Waals surface area contributed by atoms with Crippen LogP contribution in [0.3, 0.4) is 0 Å². The highest BCUT2D eigenvalue weighted by atomic mass is 19.1. The number of nitrogens with one attached hydrogen (secondary N) is 1. The van der Waals surface area contributed by atoms with E-state index in [4.69, 9.17) is 0 Å². The van der Waals surface area contributed by atoms with Crippen molar-refractivity contribution in [2.45, 2.75) is 19.4 Å². The Hall–Kier alpha value is -2.76. The van der Waals surface area contributed by atoms with Gasteiger partial charge in [-0.05, 0) is 36.6 Å². The Bertz CT molecular complexity index is 844. The summed E-state index contributed by atoms with van der Waals surface area (Å²) < 4.78 is 12.9. The largest absolute Gasteiger partial charge is 0.356 e. The average molecular weight is 323 g/mol. The standard InChI is InChI=1S/C18H18FN5/c19-14-5-3-13(4-6-14)11-21-18-22-12-15-16(23-18)7-8-20-17(15)24-9-1-2-10-24/h3-8,12H,1-2,9-11H2,(H,21,22,23). The maximum absolute atomic E-state index is 12.9. The van der Waals surface area contributed by atoms with Gasteiger partial charge in [-0.2, -0.15) is 0 Å². The molecule has 1 N–H and O–H groups in total. The van der Waals surface area contributed by atoms with Gasteiger partial charge in [-0.1, -0.05) is 12.1 Å². The van der Waals surface area contributed by atoms with Crippen molar-refractivity contribution in [1.29, 1.82) is 0 Å². The molecule has 3 aromatic rings. The summed E-state index contributed by atoms with van der Waals surface area (Å²) in [7, 11) is 0. The molecule has 24 heavy (non-hydrogen) atoms. The smallest absolute Gasteiger partial charge is 0.223 e. The zero-order chi connectivity index (χ0) is 16.4. The molecule has 1 aliphatic rings. The molecule has 0 spiro atoms. The van der Waals surface area contributed by atoms with Crippen LogP contribution in [0.25, 0.3) is 10.9 Å². The molecule has 1 aliphatic heterocycles. The summed E-state index contributed by atoms with van der Waals surface area (Å²) in [6.45, 7) is 2.63. The minimum atomic E-state index is -0.234. The monoisotopic (exact) mass is 323 g/mol. The highest BCUT2D eigenvalue weighted by Crippen LogP contribution is 2.26. The molecule has 2 aromatic heterocycles. The van der Waals surface area contributed by atoms with Crippen molar-refractivity contribution in [3.05, 3.63) is 54.1 Å². The van der Waals surface area contributed by atoms with Crippen molar-refractivity contribution >= 4 is 22.7 Å². The molecule has 0 atom stereocenters. The summed E-state index contributed by atoms with van der Waals surface area (Å²) in [5.41, 5.74) is 1.86. The minimum Gasteiger partial charge on any atom is -0.356 e. The summed E-state index contributed by atoms with van der Waals surface area (Å²) in [5.74, 6) is 1.29. The molecule has 0 radical (unpaired) electrons. The van der Waals surface area contributed by atoms with Gasteiger partial charge in [0.25, 0.3) is 0 Å². The van der Waals surface area contributed by atoms with Gasteiger partial charge in [-0.15, -0.1) is 0 Å². The molecule has 0 unspecified atom stereocenters. The lowest BCUT2D eigenvalue weighted by Crippen LogP contribution is -2.19. The normalized spacial score (nSPS) is 14.3. The van der Waals surface area contributed by atoms with Crippen molar-refractivity contribution in [3.63, 3.8) is 0 Å². The Morgan fingerprint density at radius 1 is 1.04 bits per heavy atom. The topological polar surface area (TPSA) is 53.9 Å². The maximum atomic E-state index is 12.9. The Labute approximate surface area is 139 Å². The highest BCUT2D eigenvalue weighted by Gasteiger charge is 2.16. The highest BCUT2D eigenvalue weighted by molar-refractivity contribution is 5.89. The summed E-state index contributed by atoms with van der Waals surface area (Å²) in [5, 5.41) is 4.16. The van der Waals surface area contributed by atoms with Crippen LogP contribution in [0.5, 0.6) is 0 Å². The SMILES string of the molecule is Fc1ccc(CNc2ncc3c(N4CCCC4)nccc3n2)cc1. The van der Waals surface area contributed by atoms with Crippen LogP contribution in [0.1, 0.15) is 18.4 Å². The minimum absolute atomic E-state index is 0.234. The lowest BCUT2D eigenvalue weighted by Gasteiger charge is -2.18. The molecule has 0 bridgehead atoms. The first-order valence-electron chi connectivity index (χ1n) is 8.15. The average Bonchev–Trinajstić information content (AvgIpc) is 3.15. The molecule has 122 valence electrons. The lowest BCUT2D eigenvalue weighted by molar-refractivity contribution is 0.627. The van der Waals surface area contributed by atoms with E-state index in [-0.39, 0.29) is 5.82 Å². The number of hydrogen-bond acceptors (Lipinski definition) is 5. The molecule has 4 rings (SSSR count). The van der Waals surface area contributed by atoms with Crippen LogP contribution >= 0.6 is 0 Å². The van der Waals surface area contributed by atoms with E-state index in [1.54, 1.807) is 18.3 Å². The van der Waals surface area contributed by atoms with Crippen LogP contribution in [0, 0.1) is 5.82 Å². The van der Waals surface area contributed by atoms with Crippen molar-refractivity contribution in [2.24, 2.45) is 0 Å². The number of pyridine rings is 1. The Morgan fingerprint density at radius 2 is 1.83 bits per heavy atom.